The van der Waals surface area contributed by atoms with Crippen LogP contribution in [0.2, 0.25) is 0 Å². The molecular formula is C15H21N3. The highest BCUT2D eigenvalue weighted by Gasteiger charge is 2.10. The van der Waals surface area contributed by atoms with Gasteiger partial charge in [0.05, 0.1) is 5.52 Å². The minimum Gasteiger partial charge on any atom is -0.359 e. The fraction of sp³-hybridized carbons (Fsp3) is 0.400. The van der Waals surface area contributed by atoms with Gasteiger partial charge in [-0.3, -0.25) is 0 Å². The van der Waals surface area contributed by atoms with E-state index in [2.05, 4.69) is 37.1 Å². The molecule has 0 atom stereocenters. The third-order valence-corrected chi connectivity index (χ3v) is 3.11. The first kappa shape index (κ1) is 12.8. The SMILES string of the molecule is CCCN(C)c1nc2ccccc2cc1CCN. The average molecular weight is 243 g/mol. The number of anilines is 1. The van der Waals surface area contributed by atoms with Gasteiger partial charge in [-0.25, -0.2) is 4.98 Å². The summed E-state index contributed by atoms with van der Waals surface area (Å²) in [5.74, 6) is 1.07. The van der Waals surface area contributed by atoms with E-state index in [0.29, 0.717) is 6.54 Å². The summed E-state index contributed by atoms with van der Waals surface area (Å²) in [5.41, 5.74) is 8.00. The molecule has 3 nitrogen and oxygen atoms in total. The molecule has 3 heteroatoms. The zero-order chi connectivity index (χ0) is 13.0. The van der Waals surface area contributed by atoms with Crippen LogP contribution in [0.15, 0.2) is 30.3 Å². The molecule has 0 fully saturated rings. The number of nitrogens with two attached hydrogens (primary N) is 1. The molecule has 0 aliphatic heterocycles. The minimum absolute atomic E-state index is 0.660. The third-order valence-electron chi connectivity index (χ3n) is 3.11. The van der Waals surface area contributed by atoms with Crippen molar-refractivity contribution in [3.63, 3.8) is 0 Å². The van der Waals surface area contributed by atoms with E-state index < -0.39 is 0 Å². The van der Waals surface area contributed by atoms with Gasteiger partial charge in [-0.1, -0.05) is 25.1 Å². The Balaban J connectivity index is 2.50. The molecular weight excluding hydrogens is 222 g/mol. The Hall–Kier alpha value is -1.61. The van der Waals surface area contributed by atoms with Crippen LogP contribution in [0.1, 0.15) is 18.9 Å². The molecule has 0 bridgehead atoms. The van der Waals surface area contributed by atoms with Crippen molar-refractivity contribution in [2.45, 2.75) is 19.8 Å². The molecule has 0 radical (unpaired) electrons. The first-order chi connectivity index (χ1) is 8.76. The standard InChI is InChI=1S/C15H21N3/c1-3-10-18(2)15-13(8-9-16)11-12-6-4-5-7-14(12)17-15/h4-7,11H,3,8-10,16H2,1-2H3. The van der Waals surface area contributed by atoms with Gasteiger partial charge in [0.1, 0.15) is 5.82 Å². The number of hydrogen-bond donors (Lipinski definition) is 1. The Morgan fingerprint density at radius 3 is 2.78 bits per heavy atom. The van der Waals surface area contributed by atoms with Crippen LogP contribution in [0.4, 0.5) is 5.82 Å². The maximum atomic E-state index is 5.70. The minimum atomic E-state index is 0.660. The Bertz CT molecular complexity index is 522. The third kappa shape index (κ3) is 2.62. The van der Waals surface area contributed by atoms with E-state index in [1.54, 1.807) is 0 Å². The lowest BCUT2D eigenvalue weighted by Crippen LogP contribution is -2.21. The van der Waals surface area contributed by atoms with Crippen molar-refractivity contribution in [1.82, 2.24) is 4.98 Å². The van der Waals surface area contributed by atoms with Crippen LogP contribution in [0.3, 0.4) is 0 Å². The van der Waals surface area contributed by atoms with E-state index in [1.165, 1.54) is 10.9 Å². The molecule has 0 amide bonds. The smallest absolute Gasteiger partial charge is 0.132 e. The molecule has 0 saturated heterocycles. The lowest BCUT2D eigenvalue weighted by Gasteiger charge is -2.21. The molecule has 1 aromatic heterocycles. The normalized spacial score (nSPS) is 10.8. The summed E-state index contributed by atoms with van der Waals surface area (Å²) in [6.45, 7) is 3.86. The molecule has 18 heavy (non-hydrogen) atoms. The van der Waals surface area contributed by atoms with Crippen molar-refractivity contribution in [2.24, 2.45) is 5.73 Å². The van der Waals surface area contributed by atoms with Gasteiger partial charge in [0.2, 0.25) is 0 Å². The zero-order valence-corrected chi connectivity index (χ0v) is 11.2. The molecule has 1 aromatic carbocycles. The Labute approximate surface area is 109 Å². The molecule has 0 unspecified atom stereocenters. The first-order valence-corrected chi connectivity index (χ1v) is 6.56. The van der Waals surface area contributed by atoms with Crippen molar-refractivity contribution in [3.8, 4) is 0 Å². The van der Waals surface area contributed by atoms with Crippen LogP contribution in [0, 0.1) is 0 Å². The molecule has 0 saturated carbocycles. The summed E-state index contributed by atoms with van der Waals surface area (Å²) in [6.07, 6.45) is 1.99. The molecule has 96 valence electrons. The fourth-order valence-corrected chi connectivity index (χ4v) is 2.26. The highest BCUT2D eigenvalue weighted by Crippen LogP contribution is 2.23. The highest BCUT2D eigenvalue weighted by molar-refractivity contribution is 5.81. The lowest BCUT2D eigenvalue weighted by molar-refractivity contribution is 0.827. The summed E-state index contributed by atoms with van der Waals surface area (Å²) in [5, 5.41) is 1.19. The number of pyridine rings is 1. The second kappa shape index (κ2) is 5.83. The van der Waals surface area contributed by atoms with E-state index in [-0.39, 0.29) is 0 Å². The summed E-state index contributed by atoms with van der Waals surface area (Å²) < 4.78 is 0. The molecule has 1 heterocycles. The van der Waals surface area contributed by atoms with Crippen molar-refractivity contribution in [3.05, 3.63) is 35.9 Å². The first-order valence-electron chi connectivity index (χ1n) is 6.56. The number of nitrogens with zero attached hydrogens (tertiary/aromatic N) is 2. The number of hydrogen-bond acceptors (Lipinski definition) is 3. The molecule has 2 N–H and O–H groups in total. The second-order valence-corrected chi connectivity index (χ2v) is 4.62. The summed E-state index contributed by atoms with van der Waals surface area (Å²) in [6, 6.07) is 10.5. The fourth-order valence-electron chi connectivity index (χ4n) is 2.26. The summed E-state index contributed by atoms with van der Waals surface area (Å²) in [7, 11) is 2.10. The molecule has 2 rings (SSSR count). The van der Waals surface area contributed by atoms with Gasteiger partial charge in [0.15, 0.2) is 0 Å². The Morgan fingerprint density at radius 2 is 2.06 bits per heavy atom. The van der Waals surface area contributed by atoms with Crippen LogP contribution >= 0.6 is 0 Å². The second-order valence-electron chi connectivity index (χ2n) is 4.62. The summed E-state index contributed by atoms with van der Waals surface area (Å²) in [4.78, 5) is 7.00. The van der Waals surface area contributed by atoms with Gasteiger partial charge in [0.25, 0.3) is 0 Å². The van der Waals surface area contributed by atoms with E-state index in [9.17, 15) is 0 Å². The van der Waals surface area contributed by atoms with E-state index in [1.807, 2.05) is 12.1 Å². The summed E-state index contributed by atoms with van der Waals surface area (Å²) >= 11 is 0. The van der Waals surface area contributed by atoms with Gasteiger partial charge in [0, 0.05) is 19.0 Å². The predicted molar refractivity (Wildman–Crippen MR) is 78.1 cm³/mol. The maximum Gasteiger partial charge on any atom is 0.132 e. The molecule has 0 aliphatic carbocycles. The van der Waals surface area contributed by atoms with Crippen molar-refractivity contribution >= 4 is 16.7 Å². The van der Waals surface area contributed by atoms with Crippen LogP contribution in [-0.4, -0.2) is 25.1 Å². The Kier molecular flexibility index (Phi) is 4.15. The topological polar surface area (TPSA) is 42.2 Å². The molecule has 0 aliphatic rings. The van der Waals surface area contributed by atoms with E-state index in [0.717, 1.165) is 30.7 Å². The highest BCUT2D eigenvalue weighted by atomic mass is 15.2. The quantitative estimate of drug-likeness (QED) is 0.877. The van der Waals surface area contributed by atoms with Gasteiger partial charge in [-0.05, 0) is 37.1 Å². The largest absolute Gasteiger partial charge is 0.359 e. The zero-order valence-electron chi connectivity index (χ0n) is 11.2. The van der Waals surface area contributed by atoms with Crippen molar-refractivity contribution in [1.29, 1.82) is 0 Å². The molecule has 2 aromatic rings. The number of aromatic nitrogens is 1. The van der Waals surface area contributed by atoms with Crippen molar-refractivity contribution in [2.75, 3.05) is 25.0 Å². The van der Waals surface area contributed by atoms with Crippen LogP contribution in [-0.2, 0) is 6.42 Å². The number of fused-ring (bicyclic) bond motifs is 1. The predicted octanol–water partition coefficient (Wildman–Crippen LogP) is 2.58. The molecule has 0 spiro atoms. The van der Waals surface area contributed by atoms with Gasteiger partial charge in [-0.2, -0.15) is 0 Å². The van der Waals surface area contributed by atoms with Crippen LogP contribution in [0.5, 0.6) is 0 Å². The number of para-hydroxylation sites is 1. The Morgan fingerprint density at radius 1 is 1.28 bits per heavy atom. The maximum absolute atomic E-state index is 5.70. The van der Waals surface area contributed by atoms with Crippen LogP contribution < -0.4 is 10.6 Å². The van der Waals surface area contributed by atoms with E-state index >= 15 is 0 Å². The van der Waals surface area contributed by atoms with Gasteiger partial charge >= 0.3 is 0 Å². The number of rotatable bonds is 5. The van der Waals surface area contributed by atoms with Crippen molar-refractivity contribution < 1.29 is 0 Å². The van der Waals surface area contributed by atoms with Gasteiger partial charge < -0.3 is 10.6 Å². The van der Waals surface area contributed by atoms with Crippen LogP contribution in [0.25, 0.3) is 10.9 Å². The van der Waals surface area contributed by atoms with E-state index in [4.69, 9.17) is 10.7 Å². The lowest BCUT2D eigenvalue weighted by atomic mass is 10.1. The number of benzene rings is 1. The monoisotopic (exact) mass is 243 g/mol. The average Bonchev–Trinajstić information content (AvgIpc) is 2.38. The van der Waals surface area contributed by atoms with Gasteiger partial charge in [-0.15, -0.1) is 0 Å².